The fraction of sp³-hybridized carbons (Fsp3) is 0.250. The fourth-order valence-corrected chi connectivity index (χ4v) is 1.51. The predicted octanol–water partition coefficient (Wildman–Crippen LogP) is 2.42. The van der Waals surface area contributed by atoms with Gasteiger partial charge >= 0.3 is 6.18 Å². The van der Waals surface area contributed by atoms with Crippen LogP contribution >= 0.6 is 0 Å². The first-order valence-electron chi connectivity index (χ1n) is 5.40. The van der Waals surface area contributed by atoms with Crippen LogP contribution in [-0.4, -0.2) is 16.4 Å². The highest BCUT2D eigenvalue weighted by molar-refractivity contribution is 5.52. The maximum Gasteiger partial charge on any atom is 0.416 e. The molecule has 0 aliphatic rings. The number of rotatable bonds is 4. The fourth-order valence-electron chi connectivity index (χ4n) is 1.51. The van der Waals surface area contributed by atoms with E-state index in [0.717, 1.165) is 12.1 Å². The van der Waals surface area contributed by atoms with Gasteiger partial charge in [0.1, 0.15) is 6.29 Å². The summed E-state index contributed by atoms with van der Waals surface area (Å²) in [5.74, 6) is 0.522. The van der Waals surface area contributed by atoms with Gasteiger partial charge in [0, 0.05) is 0 Å². The normalized spacial score (nSPS) is 11.5. The number of aromatic nitrogens is 2. The molecule has 2 aromatic rings. The average Bonchev–Trinajstić information content (AvgIpc) is 2.77. The Kier molecular flexibility index (Phi) is 3.64. The van der Waals surface area contributed by atoms with Gasteiger partial charge in [-0.15, -0.1) is 0 Å². The quantitative estimate of drug-likeness (QED) is 0.800. The summed E-state index contributed by atoms with van der Waals surface area (Å²) in [7, 11) is 0. The van der Waals surface area contributed by atoms with E-state index in [4.69, 9.17) is 4.52 Å². The van der Waals surface area contributed by atoms with E-state index >= 15 is 0 Å². The second-order valence-corrected chi connectivity index (χ2v) is 3.85. The van der Waals surface area contributed by atoms with Crippen LogP contribution in [0.25, 0.3) is 0 Å². The van der Waals surface area contributed by atoms with Gasteiger partial charge in [-0.05, 0) is 17.7 Å². The van der Waals surface area contributed by atoms with Crippen molar-refractivity contribution in [3.05, 3.63) is 47.1 Å². The van der Waals surface area contributed by atoms with E-state index in [2.05, 4.69) is 10.1 Å². The molecule has 0 atom stereocenters. The Hall–Kier alpha value is -2.18. The summed E-state index contributed by atoms with van der Waals surface area (Å²) < 4.78 is 42.0. The minimum atomic E-state index is -4.35. The van der Waals surface area contributed by atoms with Crippen molar-refractivity contribution in [3.8, 4) is 0 Å². The number of alkyl halides is 3. The van der Waals surface area contributed by atoms with Gasteiger partial charge in [0.2, 0.25) is 5.89 Å². The highest BCUT2D eigenvalue weighted by Crippen LogP contribution is 2.29. The third-order valence-electron chi connectivity index (χ3n) is 2.41. The lowest BCUT2D eigenvalue weighted by Gasteiger charge is -2.06. The minimum Gasteiger partial charge on any atom is -0.339 e. The summed E-state index contributed by atoms with van der Waals surface area (Å²) >= 11 is 0. The summed E-state index contributed by atoms with van der Waals surface area (Å²) in [6.07, 6.45) is -3.42. The van der Waals surface area contributed by atoms with Gasteiger partial charge in [0.05, 0.1) is 18.4 Å². The molecule has 0 radical (unpaired) electrons. The molecule has 2 rings (SSSR count). The molecule has 0 spiro atoms. The molecule has 0 fully saturated rings. The zero-order valence-electron chi connectivity index (χ0n) is 9.65. The lowest BCUT2D eigenvalue weighted by molar-refractivity contribution is -0.137. The van der Waals surface area contributed by atoms with Crippen molar-refractivity contribution in [2.45, 2.75) is 19.0 Å². The standard InChI is InChI=1S/C12H9F3N2O2/c13-12(14,15)9-3-1-8(2-4-9)7-11-16-10(5-6-18)17-19-11/h1-4,6H,5,7H2. The molecule has 7 heteroatoms. The molecule has 0 unspecified atom stereocenters. The largest absolute Gasteiger partial charge is 0.416 e. The van der Waals surface area contributed by atoms with Gasteiger partial charge in [-0.1, -0.05) is 17.3 Å². The van der Waals surface area contributed by atoms with Crippen LogP contribution in [0.4, 0.5) is 13.2 Å². The first-order chi connectivity index (χ1) is 8.99. The monoisotopic (exact) mass is 270 g/mol. The van der Waals surface area contributed by atoms with Gasteiger partial charge in [-0.3, -0.25) is 0 Å². The third kappa shape index (κ3) is 3.40. The highest BCUT2D eigenvalue weighted by Gasteiger charge is 2.29. The molecule has 0 N–H and O–H groups in total. The zero-order valence-corrected chi connectivity index (χ0v) is 9.65. The number of carbonyl (C=O) groups excluding carboxylic acids is 1. The van der Waals surface area contributed by atoms with Gasteiger partial charge in [0.25, 0.3) is 0 Å². The van der Waals surface area contributed by atoms with Crippen LogP contribution in [0.15, 0.2) is 28.8 Å². The molecule has 100 valence electrons. The minimum absolute atomic E-state index is 0.0521. The highest BCUT2D eigenvalue weighted by atomic mass is 19.4. The van der Waals surface area contributed by atoms with Crippen LogP contribution in [0.1, 0.15) is 22.8 Å². The Balaban J connectivity index is 2.08. The first-order valence-corrected chi connectivity index (χ1v) is 5.40. The van der Waals surface area contributed by atoms with Crippen molar-refractivity contribution in [3.63, 3.8) is 0 Å². The summed E-state index contributed by atoms with van der Waals surface area (Å²) in [5, 5.41) is 3.56. The van der Waals surface area contributed by atoms with Crippen molar-refractivity contribution >= 4 is 6.29 Å². The van der Waals surface area contributed by atoms with Gasteiger partial charge in [-0.25, -0.2) is 0 Å². The lowest BCUT2D eigenvalue weighted by atomic mass is 10.1. The number of carbonyl (C=O) groups is 1. The van der Waals surface area contributed by atoms with E-state index in [9.17, 15) is 18.0 Å². The van der Waals surface area contributed by atoms with Crippen molar-refractivity contribution in [2.75, 3.05) is 0 Å². The molecule has 19 heavy (non-hydrogen) atoms. The van der Waals surface area contributed by atoms with Crippen molar-refractivity contribution in [1.82, 2.24) is 10.1 Å². The first kappa shape index (κ1) is 13.3. The molecule has 0 aliphatic carbocycles. The number of hydrogen-bond acceptors (Lipinski definition) is 4. The van der Waals surface area contributed by atoms with Crippen LogP contribution in [0.3, 0.4) is 0 Å². The van der Waals surface area contributed by atoms with Gasteiger partial charge in [0.15, 0.2) is 5.82 Å². The number of halogens is 3. The SMILES string of the molecule is O=CCc1noc(Cc2ccc(C(F)(F)F)cc2)n1. The van der Waals surface area contributed by atoms with Crippen molar-refractivity contribution in [2.24, 2.45) is 0 Å². The van der Waals surface area contributed by atoms with E-state index < -0.39 is 11.7 Å². The summed E-state index contributed by atoms with van der Waals surface area (Å²) in [5.41, 5.74) is -0.0854. The summed E-state index contributed by atoms with van der Waals surface area (Å²) in [6, 6.07) is 4.70. The zero-order chi connectivity index (χ0) is 13.9. The maximum atomic E-state index is 12.4. The molecule has 1 aromatic carbocycles. The molecule has 0 saturated carbocycles. The molecule has 0 bridgehead atoms. The van der Waals surface area contributed by atoms with E-state index in [0.29, 0.717) is 11.8 Å². The van der Waals surface area contributed by atoms with E-state index in [1.807, 2.05) is 0 Å². The number of hydrogen-bond donors (Lipinski definition) is 0. The van der Waals surface area contributed by atoms with Crippen molar-refractivity contribution < 1.29 is 22.5 Å². The Morgan fingerprint density at radius 2 is 1.89 bits per heavy atom. The van der Waals surface area contributed by atoms with Crippen LogP contribution in [-0.2, 0) is 23.8 Å². The van der Waals surface area contributed by atoms with Crippen LogP contribution in [0, 0.1) is 0 Å². The predicted molar refractivity (Wildman–Crippen MR) is 58.3 cm³/mol. The van der Waals surface area contributed by atoms with E-state index in [1.165, 1.54) is 12.1 Å². The third-order valence-corrected chi connectivity index (χ3v) is 2.41. The molecular weight excluding hydrogens is 261 g/mol. The molecule has 0 amide bonds. The Labute approximate surface area is 106 Å². The van der Waals surface area contributed by atoms with Gasteiger partial charge < -0.3 is 9.32 Å². The van der Waals surface area contributed by atoms with Crippen LogP contribution < -0.4 is 0 Å². The Morgan fingerprint density at radius 1 is 1.21 bits per heavy atom. The molecular formula is C12H9F3N2O2. The summed E-state index contributed by atoms with van der Waals surface area (Å²) in [4.78, 5) is 14.2. The molecule has 4 nitrogen and oxygen atoms in total. The molecule has 1 heterocycles. The van der Waals surface area contributed by atoms with Crippen molar-refractivity contribution in [1.29, 1.82) is 0 Å². The smallest absolute Gasteiger partial charge is 0.339 e. The number of nitrogens with zero attached hydrogens (tertiary/aromatic N) is 2. The van der Waals surface area contributed by atoms with E-state index in [-0.39, 0.29) is 24.6 Å². The second-order valence-electron chi connectivity index (χ2n) is 3.85. The lowest BCUT2D eigenvalue weighted by Crippen LogP contribution is -2.04. The summed E-state index contributed by atoms with van der Waals surface area (Å²) in [6.45, 7) is 0. The van der Waals surface area contributed by atoms with E-state index in [1.54, 1.807) is 0 Å². The van der Waals surface area contributed by atoms with Crippen LogP contribution in [0.5, 0.6) is 0 Å². The van der Waals surface area contributed by atoms with Gasteiger partial charge in [-0.2, -0.15) is 18.2 Å². The number of benzene rings is 1. The number of aldehydes is 1. The second kappa shape index (κ2) is 5.21. The Morgan fingerprint density at radius 3 is 2.47 bits per heavy atom. The maximum absolute atomic E-state index is 12.4. The molecule has 0 saturated heterocycles. The topological polar surface area (TPSA) is 56.0 Å². The average molecular weight is 270 g/mol. The molecule has 1 aromatic heterocycles. The molecule has 0 aliphatic heterocycles. The Bertz CT molecular complexity index is 561. The van der Waals surface area contributed by atoms with Crippen LogP contribution in [0.2, 0.25) is 0 Å².